The molecule has 2 atom stereocenters. The van der Waals surface area contributed by atoms with Gasteiger partial charge in [-0.15, -0.1) is 0 Å². The Kier molecular flexibility index (Phi) is 6.75. The highest BCUT2D eigenvalue weighted by molar-refractivity contribution is 5.76. The molecule has 1 aromatic carbocycles. The van der Waals surface area contributed by atoms with Crippen LogP contribution in [0.5, 0.6) is 11.5 Å². The standard InChI is InChI=1S/C18H25F3N2O3/c1-12-9-23(10-13(2)22-12)17(24)7-5-14-4-6-15(16(8-14)25-3)26-11-18(19,20)21/h4,6,8,12-13,22H,5,7,9-11H2,1-3H3/t12-,13-/m1/s1. The number of rotatable bonds is 6. The first-order chi connectivity index (χ1) is 12.2. The van der Waals surface area contributed by atoms with Crippen molar-refractivity contribution in [3.05, 3.63) is 23.8 Å². The number of alkyl halides is 3. The van der Waals surface area contributed by atoms with Crippen LogP contribution in [0.4, 0.5) is 13.2 Å². The maximum Gasteiger partial charge on any atom is 0.422 e. The van der Waals surface area contributed by atoms with Gasteiger partial charge in [0, 0.05) is 31.6 Å². The van der Waals surface area contributed by atoms with Crippen LogP contribution in [0.2, 0.25) is 0 Å². The lowest BCUT2D eigenvalue weighted by atomic mass is 10.1. The molecule has 0 unspecified atom stereocenters. The lowest BCUT2D eigenvalue weighted by molar-refractivity contribution is -0.153. The molecule has 5 nitrogen and oxygen atoms in total. The summed E-state index contributed by atoms with van der Waals surface area (Å²) in [4.78, 5) is 14.3. The summed E-state index contributed by atoms with van der Waals surface area (Å²) in [5.41, 5.74) is 0.811. The van der Waals surface area contributed by atoms with Crippen molar-refractivity contribution in [3.63, 3.8) is 0 Å². The van der Waals surface area contributed by atoms with E-state index in [1.807, 2.05) is 18.7 Å². The van der Waals surface area contributed by atoms with Crippen molar-refractivity contribution >= 4 is 5.91 Å². The summed E-state index contributed by atoms with van der Waals surface area (Å²) in [6.07, 6.45) is -3.58. The third-order valence-electron chi connectivity index (χ3n) is 4.16. The number of piperazine rings is 1. The Morgan fingerprint density at radius 1 is 1.23 bits per heavy atom. The number of carbonyl (C=O) groups is 1. The van der Waals surface area contributed by atoms with Gasteiger partial charge in [-0.2, -0.15) is 13.2 Å². The molecule has 0 bridgehead atoms. The van der Waals surface area contributed by atoms with Gasteiger partial charge in [0.15, 0.2) is 18.1 Å². The highest BCUT2D eigenvalue weighted by Gasteiger charge is 2.29. The van der Waals surface area contributed by atoms with Crippen molar-refractivity contribution in [2.45, 2.75) is 44.9 Å². The van der Waals surface area contributed by atoms with E-state index in [2.05, 4.69) is 5.32 Å². The van der Waals surface area contributed by atoms with E-state index in [9.17, 15) is 18.0 Å². The molecule has 2 rings (SSSR count). The molecule has 8 heteroatoms. The van der Waals surface area contributed by atoms with E-state index in [0.717, 1.165) is 5.56 Å². The van der Waals surface area contributed by atoms with Crippen molar-refractivity contribution in [1.29, 1.82) is 0 Å². The molecule has 1 aliphatic heterocycles. The number of hydrogen-bond acceptors (Lipinski definition) is 4. The van der Waals surface area contributed by atoms with Crippen LogP contribution in [-0.2, 0) is 11.2 Å². The first-order valence-corrected chi connectivity index (χ1v) is 8.58. The van der Waals surface area contributed by atoms with E-state index >= 15 is 0 Å². The first-order valence-electron chi connectivity index (χ1n) is 8.58. The molecule has 1 aromatic rings. The molecule has 0 radical (unpaired) electrons. The van der Waals surface area contributed by atoms with Crippen LogP contribution in [0, 0.1) is 0 Å². The van der Waals surface area contributed by atoms with Crippen molar-refractivity contribution in [3.8, 4) is 11.5 Å². The van der Waals surface area contributed by atoms with E-state index in [1.54, 1.807) is 12.1 Å². The maximum absolute atomic E-state index is 12.4. The fourth-order valence-electron chi connectivity index (χ4n) is 3.09. The SMILES string of the molecule is COc1cc(CCC(=O)N2C[C@@H](C)N[C@H](C)C2)ccc1OCC(F)(F)F. The Morgan fingerprint density at radius 3 is 2.46 bits per heavy atom. The van der Waals surface area contributed by atoms with E-state index in [0.29, 0.717) is 25.9 Å². The van der Waals surface area contributed by atoms with Gasteiger partial charge in [0.25, 0.3) is 0 Å². The minimum absolute atomic E-state index is 0.0321. The van der Waals surface area contributed by atoms with Crippen molar-refractivity contribution < 1.29 is 27.4 Å². The summed E-state index contributed by atoms with van der Waals surface area (Å²) in [5, 5.41) is 3.38. The second-order valence-corrected chi connectivity index (χ2v) is 6.66. The summed E-state index contributed by atoms with van der Waals surface area (Å²) in [6.45, 7) is 4.06. The van der Waals surface area contributed by atoms with Gasteiger partial charge in [0.2, 0.25) is 5.91 Å². The molecule has 0 aliphatic carbocycles. The molecule has 26 heavy (non-hydrogen) atoms. The highest BCUT2D eigenvalue weighted by atomic mass is 19.4. The third-order valence-corrected chi connectivity index (χ3v) is 4.16. The Bertz CT molecular complexity index is 612. The van der Waals surface area contributed by atoms with E-state index in [-0.39, 0.29) is 29.5 Å². The largest absolute Gasteiger partial charge is 0.493 e. The molecular formula is C18H25F3N2O3. The number of hydrogen-bond donors (Lipinski definition) is 1. The normalized spacial score (nSPS) is 20.8. The first kappa shape index (κ1) is 20.4. The van der Waals surface area contributed by atoms with E-state index < -0.39 is 12.8 Å². The molecule has 146 valence electrons. The third kappa shape index (κ3) is 6.09. The van der Waals surface area contributed by atoms with Crippen LogP contribution in [0.25, 0.3) is 0 Å². The predicted molar refractivity (Wildman–Crippen MR) is 91.5 cm³/mol. The van der Waals surface area contributed by atoms with Gasteiger partial charge >= 0.3 is 6.18 Å². The number of carbonyl (C=O) groups excluding carboxylic acids is 1. The lowest BCUT2D eigenvalue weighted by Gasteiger charge is -2.36. The molecule has 1 heterocycles. The minimum atomic E-state index is -4.41. The Morgan fingerprint density at radius 2 is 1.88 bits per heavy atom. The van der Waals surface area contributed by atoms with Crippen LogP contribution >= 0.6 is 0 Å². The molecule has 1 fully saturated rings. The van der Waals surface area contributed by atoms with Crippen molar-refractivity contribution in [1.82, 2.24) is 10.2 Å². The Labute approximate surface area is 151 Å². The minimum Gasteiger partial charge on any atom is -0.493 e. The molecule has 0 spiro atoms. The number of nitrogens with one attached hydrogen (secondary N) is 1. The Balaban J connectivity index is 1.94. The number of aryl methyl sites for hydroxylation is 1. The van der Waals surface area contributed by atoms with Gasteiger partial charge in [-0.3, -0.25) is 4.79 Å². The number of ether oxygens (including phenoxy) is 2. The topological polar surface area (TPSA) is 50.8 Å². The van der Waals surface area contributed by atoms with Gasteiger partial charge in [-0.05, 0) is 38.0 Å². The second kappa shape index (κ2) is 8.62. The molecular weight excluding hydrogens is 349 g/mol. The highest BCUT2D eigenvalue weighted by Crippen LogP contribution is 2.30. The van der Waals surface area contributed by atoms with Crippen LogP contribution in [0.3, 0.4) is 0 Å². The van der Waals surface area contributed by atoms with Gasteiger partial charge in [0.05, 0.1) is 7.11 Å². The summed E-state index contributed by atoms with van der Waals surface area (Å²) in [6, 6.07) is 5.23. The van der Waals surface area contributed by atoms with E-state index in [1.165, 1.54) is 13.2 Å². The molecule has 1 saturated heterocycles. The second-order valence-electron chi connectivity index (χ2n) is 6.66. The summed E-state index contributed by atoms with van der Waals surface area (Å²) >= 11 is 0. The van der Waals surface area contributed by atoms with Crippen LogP contribution in [0.1, 0.15) is 25.8 Å². The molecule has 0 saturated carbocycles. The van der Waals surface area contributed by atoms with Gasteiger partial charge in [-0.25, -0.2) is 0 Å². The number of nitrogens with zero attached hydrogens (tertiary/aromatic N) is 1. The Hall–Kier alpha value is -1.96. The summed E-state index contributed by atoms with van der Waals surface area (Å²) in [5.74, 6) is 0.329. The average molecular weight is 374 g/mol. The quantitative estimate of drug-likeness (QED) is 0.832. The maximum atomic E-state index is 12.4. The van der Waals surface area contributed by atoms with Crippen molar-refractivity contribution in [2.75, 3.05) is 26.8 Å². The smallest absolute Gasteiger partial charge is 0.422 e. The predicted octanol–water partition coefficient (Wildman–Crippen LogP) is 2.78. The number of benzene rings is 1. The van der Waals surface area contributed by atoms with Crippen LogP contribution in [-0.4, -0.2) is 55.9 Å². The summed E-state index contributed by atoms with van der Waals surface area (Å²) in [7, 11) is 1.37. The van der Waals surface area contributed by atoms with Gasteiger partial charge in [0.1, 0.15) is 0 Å². The van der Waals surface area contributed by atoms with Crippen molar-refractivity contribution in [2.24, 2.45) is 0 Å². The fraction of sp³-hybridized carbons (Fsp3) is 0.611. The summed E-state index contributed by atoms with van der Waals surface area (Å²) < 4.78 is 46.7. The molecule has 1 aliphatic rings. The van der Waals surface area contributed by atoms with Gasteiger partial charge < -0.3 is 19.7 Å². The molecule has 0 aromatic heterocycles. The number of halogens is 3. The molecule has 1 amide bonds. The zero-order valence-corrected chi connectivity index (χ0v) is 15.2. The van der Waals surface area contributed by atoms with Crippen LogP contribution in [0.15, 0.2) is 18.2 Å². The monoisotopic (exact) mass is 374 g/mol. The van der Waals surface area contributed by atoms with Gasteiger partial charge in [-0.1, -0.05) is 6.07 Å². The number of methoxy groups -OCH3 is 1. The zero-order chi connectivity index (χ0) is 19.3. The molecule has 1 N–H and O–H groups in total. The van der Waals surface area contributed by atoms with E-state index in [4.69, 9.17) is 9.47 Å². The van der Waals surface area contributed by atoms with Crippen LogP contribution < -0.4 is 14.8 Å². The average Bonchev–Trinajstić information content (AvgIpc) is 2.56. The number of amides is 1. The lowest BCUT2D eigenvalue weighted by Crippen LogP contribution is -2.55. The fourth-order valence-corrected chi connectivity index (χ4v) is 3.09. The zero-order valence-electron chi connectivity index (χ0n) is 15.2.